The van der Waals surface area contributed by atoms with Gasteiger partial charge in [0.05, 0.1) is 17.8 Å². The van der Waals surface area contributed by atoms with Crippen LogP contribution in [0.4, 0.5) is 0 Å². The number of amides is 1. The number of rotatable bonds is 5. The predicted molar refractivity (Wildman–Crippen MR) is 86.9 cm³/mol. The molecule has 0 saturated carbocycles. The molecule has 3 aliphatic rings. The minimum absolute atomic E-state index is 0.248. The monoisotopic (exact) mass is 339 g/mol. The molecule has 126 valence electrons. The highest BCUT2D eigenvalue weighted by molar-refractivity contribution is 6.32. The predicted octanol–water partition coefficient (Wildman–Crippen LogP) is 1.32. The summed E-state index contributed by atoms with van der Waals surface area (Å²) in [5, 5.41) is 13.9. The Balaban J connectivity index is 1.62. The lowest BCUT2D eigenvalue weighted by atomic mass is 9.75. The Morgan fingerprint density at radius 3 is 2.87 bits per heavy atom. The first-order valence-electron chi connectivity index (χ1n) is 8.03. The first-order valence-corrected chi connectivity index (χ1v) is 8.41. The number of hydrogen-bond acceptors (Lipinski definition) is 5. The summed E-state index contributed by atoms with van der Waals surface area (Å²) in [4.78, 5) is 18.6. The molecule has 1 atom stereocenters. The van der Waals surface area contributed by atoms with Crippen molar-refractivity contribution in [2.24, 2.45) is 5.92 Å². The number of ether oxygens (including phenoxy) is 1. The molecule has 1 aromatic rings. The summed E-state index contributed by atoms with van der Waals surface area (Å²) < 4.78 is 5.26. The normalized spacial score (nSPS) is 29.3. The first kappa shape index (κ1) is 16.5. The van der Waals surface area contributed by atoms with Crippen LogP contribution < -0.4 is 10.1 Å². The van der Waals surface area contributed by atoms with E-state index in [4.69, 9.17) is 16.3 Å². The van der Waals surface area contributed by atoms with E-state index in [-0.39, 0.29) is 18.4 Å². The number of fused-ring (bicyclic) bond motifs is 3. The third-order valence-corrected chi connectivity index (χ3v) is 5.02. The van der Waals surface area contributed by atoms with Crippen LogP contribution >= 0.6 is 11.6 Å². The van der Waals surface area contributed by atoms with Crippen LogP contribution in [0.5, 0.6) is 5.88 Å². The van der Waals surface area contributed by atoms with Gasteiger partial charge in [-0.25, -0.2) is 4.98 Å². The van der Waals surface area contributed by atoms with Crippen LogP contribution in [0, 0.1) is 5.92 Å². The second kappa shape index (κ2) is 6.63. The average molecular weight is 340 g/mol. The molecule has 3 aliphatic heterocycles. The van der Waals surface area contributed by atoms with Gasteiger partial charge in [-0.2, -0.15) is 0 Å². The van der Waals surface area contributed by atoms with Gasteiger partial charge in [0.1, 0.15) is 5.02 Å². The number of nitrogens with one attached hydrogen (secondary N) is 1. The molecule has 7 heteroatoms. The molecule has 6 nitrogen and oxygen atoms in total. The van der Waals surface area contributed by atoms with Crippen molar-refractivity contribution in [1.82, 2.24) is 15.2 Å². The van der Waals surface area contributed by atoms with E-state index in [1.54, 1.807) is 0 Å². The fourth-order valence-corrected chi connectivity index (χ4v) is 3.69. The zero-order valence-electron chi connectivity index (χ0n) is 13.2. The van der Waals surface area contributed by atoms with Crippen molar-refractivity contribution in [3.63, 3.8) is 0 Å². The molecule has 2 bridgehead atoms. The zero-order chi connectivity index (χ0) is 16.4. The third-order valence-electron chi connectivity index (χ3n) is 4.75. The Labute approximate surface area is 140 Å². The topological polar surface area (TPSA) is 74.7 Å². The van der Waals surface area contributed by atoms with Crippen LogP contribution in [0.3, 0.4) is 0 Å². The second-order valence-electron chi connectivity index (χ2n) is 6.28. The highest BCUT2D eigenvalue weighted by Gasteiger charge is 2.45. The van der Waals surface area contributed by atoms with Gasteiger partial charge in [-0.15, -0.1) is 0 Å². The number of halogens is 1. The Kier molecular flexibility index (Phi) is 4.75. The van der Waals surface area contributed by atoms with Gasteiger partial charge in [0.15, 0.2) is 0 Å². The van der Waals surface area contributed by atoms with E-state index in [0.717, 1.165) is 25.9 Å². The van der Waals surface area contributed by atoms with Crippen molar-refractivity contribution in [2.45, 2.75) is 25.4 Å². The van der Waals surface area contributed by atoms with E-state index >= 15 is 0 Å². The van der Waals surface area contributed by atoms with Crippen molar-refractivity contribution in [2.75, 3.05) is 32.8 Å². The summed E-state index contributed by atoms with van der Waals surface area (Å²) in [7, 11) is 0. The van der Waals surface area contributed by atoms with E-state index in [1.807, 2.05) is 6.92 Å². The molecule has 0 radical (unpaired) electrons. The van der Waals surface area contributed by atoms with Crippen LogP contribution in [-0.4, -0.2) is 59.3 Å². The Hall–Kier alpha value is -1.37. The molecule has 0 aliphatic carbocycles. The first-order chi connectivity index (χ1) is 11.0. The number of carbonyl (C=O) groups is 1. The van der Waals surface area contributed by atoms with E-state index in [0.29, 0.717) is 29.6 Å². The molecule has 4 rings (SSSR count). The summed E-state index contributed by atoms with van der Waals surface area (Å²) in [6, 6.07) is 1.54. The standard InChI is InChI=1S/C16H22ClN3O3/c1-2-23-15-13(17)7-11(8-18-15)14(21)19-9-16(22)10-20-5-3-12(16)4-6-20/h7-8,12,22H,2-6,9-10H2,1H3,(H,19,21). The fraction of sp³-hybridized carbons (Fsp3) is 0.625. The van der Waals surface area contributed by atoms with Gasteiger partial charge in [-0.1, -0.05) is 11.6 Å². The molecule has 4 heterocycles. The molecule has 3 fully saturated rings. The summed E-state index contributed by atoms with van der Waals surface area (Å²) >= 11 is 6.06. The Bertz CT molecular complexity index is 590. The lowest BCUT2D eigenvalue weighted by molar-refractivity contribution is -0.108. The maximum Gasteiger partial charge on any atom is 0.253 e. The SMILES string of the molecule is CCOc1ncc(C(=O)NCC2(O)CN3CCC2CC3)cc1Cl. The minimum atomic E-state index is -0.839. The summed E-state index contributed by atoms with van der Waals surface area (Å²) in [6.45, 7) is 5.26. The molecule has 1 unspecified atom stereocenters. The Morgan fingerprint density at radius 1 is 1.57 bits per heavy atom. The highest BCUT2D eigenvalue weighted by Crippen LogP contribution is 2.35. The smallest absolute Gasteiger partial charge is 0.253 e. The summed E-state index contributed by atoms with van der Waals surface area (Å²) in [5.41, 5.74) is -0.474. The van der Waals surface area contributed by atoms with Crippen molar-refractivity contribution < 1.29 is 14.6 Å². The average Bonchev–Trinajstić information content (AvgIpc) is 2.55. The molecule has 23 heavy (non-hydrogen) atoms. The zero-order valence-corrected chi connectivity index (χ0v) is 14.0. The number of aliphatic hydroxyl groups is 1. The van der Waals surface area contributed by atoms with Gasteiger partial charge in [-0.05, 0) is 44.8 Å². The molecular formula is C16H22ClN3O3. The lowest BCUT2D eigenvalue weighted by Crippen LogP contribution is -2.63. The largest absolute Gasteiger partial charge is 0.477 e. The van der Waals surface area contributed by atoms with Gasteiger partial charge >= 0.3 is 0 Å². The minimum Gasteiger partial charge on any atom is -0.477 e. The quantitative estimate of drug-likeness (QED) is 0.846. The van der Waals surface area contributed by atoms with Crippen LogP contribution in [0.15, 0.2) is 12.3 Å². The van der Waals surface area contributed by atoms with Crippen molar-refractivity contribution in [3.05, 3.63) is 22.8 Å². The van der Waals surface area contributed by atoms with Gasteiger partial charge in [0.25, 0.3) is 5.91 Å². The second-order valence-corrected chi connectivity index (χ2v) is 6.69. The van der Waals surface area contributed by atoms with E-state index in [9.17, 15) is 9.90 Å². The van der Waals surface area contributed by atoms with Crippen LogP contribution in [0.2, 0.25) is 5.02 Å². The van der Waals surface area contributed by atoms with Crippen molar-refractivity contribution in [3.8, 4) is 5.88 Å². The molecule has 3 saturated heterocycles. The number of aromatic nitrogens is 1. The van der Waals surface area contributed by atoms with Crippen LogP contribution in [0.1, 0.15) is 30.1 Å². The maximum atomic E-state index is 12.3. The van der Waals surface area contributed by atoms with E-state index < -0.39 is 5.60 Å². The number of pyridine rings is 1. The van der Waals surface area contributed by atoms with Crippen molar-refractivity contribution in [1.29, 1.82) is 0 Å². The summed E-state index contributed by atoms with van der Waals surface area (Å²) in [5.74, 6) is 0.295. The molecule has 0 aromatic carbocycles. The Morgan fingerprint density at radius 2 is 2.30 bits per heavy atom. The lowest BCUT2D eigenvalue weighted by Gasteiger charge is -2.50. The molecule has 2 N–H and O–H groups in total. The van der Waals surface area contributed by atoms with Crippen molar-refractivity contribution >= 4 is 17.5 Å². The number of hydrogen-bond donors (Lipinski definition) is 2. The fourth-order valence-electron chi connectivity index (χ4n) is 3.47. The van der Waals surface area contributed by atoms with Crippen LogP contribution in [0.25, 0.3) is 0 Å². The maximum absolute atomic E-state index is 12.3. The van der Waals surface area contributed by atoms with E-state index in [2.05, 4.69) is 15.2 Å². The number of piperidine rings is 3. The summed E-state index contributed by atoms with van der Waals surface area (Å²) in [6.07, 6.45) is 3.42. The van der Waals surface area contributed by atoms with Gasteiger partial charge in [-0.3, -0.25) is 4.79 Å². The number of carbonyl (C=O) groups excluding carboxylic acids is 1. The molecule has 0 spiro atoms. The van der Waals surface area contributed by atoms with E-state index in [1.165, 1.54) is 12.3 Å². The highest BCUT2D eigenvalue weighted by atomic mass is 35.5. The van der Waals surface area contributed by atoms with Gasteiger partial charge < -0.3 is 20.1 Å². The van der Waals surface area contributed by atoms with Crippen LogP contribution in [-0.2, 0) is 0 Å². The molecule has 1 aromatic heterocycles. The molecule has 1 amide bonds. The van der Waals surface area contributed by atoms with Gasteiger partial charge in [0, 0.05) is 19.3 Å². The number of nitrogens with zero attached hydrogens (tertiary/aromatic N) is 2. The van der Waals surface area contributed by atoms with Gasteiger partial charge in [0.2, 0.25) is 5.88 Å². The third kappa shape index (κ3) is 3.44. The molecular weight excluding hydrogens is 318 g/mol.